The molecule has 0 aromatic carbocycles. The van der Waals surface area contributed by atoms with Gasteiger partial charge >= 0.3 is 23.9 Å². The van der Waals surface area contributed by atoms with E-state index in [0.29, 0.717) is 65.0 Å². The van der Waals surface area contributed by atoms with Crippen LogP contribution in [0.15, 0.2) is 0 Å². The Morgan fingerprint density at radius 3 is 0.638 bits per heavy atom. The maximum Gasteiger partial charge on any atom is 0.305 e. The van der Waals surface area contributed by atoms with E-state index in [9.17, 15) is 28.8 Å². The van der Waals surface area contributed by atoms with E-state index in [1.807, 2.05) is 0 Å². The Morgan fingerprint density at radius 1 is 0.255 bits per heavy atom. The van der Waals surface area contributed by atoms with E-state index in [4.69, 9.17) is 18.9 Å². The van der Waals surface area contributed by atoms with Crippen LogP contribution in [0.1, 0.15) is 400 Å². The molecule has 1 fully saturated rings. The molecule has 1 rings (SSSR count). The van der Waals surface area contributed by atoms with Gasteiger partial charge in [0.1, 0.15) is 12.1 Å². The van der Waals surface area contributed by atoms with Gasteiger partial charge in [-0.05, 0) is 155 Å². The highest BCUT2D eigenvalue weighted by Gasteiger charge is 2.33. The van der Waals surface area contributed by atoms with Crippen LogP contribution in [-0.4, -0.2) is 123 Å². The van der Waals surface area contributed by atoms with Crippen molar-refractivity contribution in [2.45, 2.75) is 412 Å². The van der Waals surface area contributed by atoms with Crippen LogP contribution in [0.25, 0.3) is 0 Å². The van der Waals surface area contributed by atoms with Crippen LogP contribution in [0.5, 0.6) is 0 Å². The molecule has 0 saturated carbocycles. The molecule has 2 amide bonds. The van der Waals surface area contributed by atoms with Crippen LogP contribution in [0.4, 0.5) is 0 Å². The van der Waals surface area contributed by atoms with Crippen molar-refractivity contribution in [1.29, 1.82) is 0 Å². The van der Waals surface area contributed by atoms with Crippen molar-refractivity contribution in [3.8, 4) is 0 Å². The molecule has 1 heterocycles. The molecule has 0 bridgehead atoms. The fraction of sp³-hybridized carbons (Fsp3) is 0.925. The number of ether oxygens (including phenoxy) is 4. The summed E-state index contributed by atoms with van der Waals surface area (Å²) >= 11 is 0. The first-order valence-electron chi connectivity index (χ1n) is 40.8. The molecule has 0 aromatic rings. The van der Waals surface area contributed by atoms with Gasteiger partial charge in [-0.2, -0.15) is 0 Å². The first kappa shape index (κ1) is 88.8. The van der Waals surface area contributed by atoms with Gasteiger partial charge in [-0.1, -0.05) is 259 Å². The second-order valence-corrected chi connectivity index (χ2v) is 28.2. The number of carbonyl (C=O) groups is 6. The highest BCUT2D eigenvalue weighted by atomic mass is 16.5. The lowest BCUT2D eigenvalue weighted by Gasteiger charge is -2.30. The largest absolute Gasteiger partial charge is 0.466 e. The van der Waals surface area contributed by atoms with E-state index in [1.54, 1.807) is 0 Å². The van der Waals surface area contributed by atoms with Crippen molar-refractivity contribution < 1.29 is 47.7 Å². The van der Waals surface area contributed by atoms with E-state index >= 15 is 0 Å². The summed E-state index contributed by atoms with van der Waals surface area (Å²) in [6.07, 6.45) is 62.9. The summed E-state index contributed by atoms with van der Waals surface area (Å²) < 4.78 is 22.5. The average Bonchev–Trinajstić information content (AvgIpc) is 0.913. The fourth-order valence-corrected chi connectivity index (χ4v) is 12.9. The van der Waals surface area contributed by atoms with Crippen molar-refractivity contribution in [2.75, 3.05) is 65.7 Å². The first-order chi connectivity index (χ1) is 46.1. The number of amides is 2. The third-order valence-corrected chi connectivity index (χ3v) is 19.2. The lowest BCUT2D eigenvalue weighted by atomic mass is 10.0. The fourth-order valence-electron chi connectivity index (χ4n) is 12.9. The Morgan fingerprint density at radius 2 is 0.436 bits per heavy atom. The summed E-state index contributed by atoms with van der Waals surface area (Å²) in [6.45, 7) is 16.0. The van der Waals surface area contributed by atoms with Crippen molar-refractivity contribution >= 4 is 35.7 Å². The number of hydrogen-bond acceptors (Lipinski definition) is 12. The molecule has 2 atom stereocenters. The number of unbranched alkanes of at least 4 members (excludes halogenated alkanes) is 42. The lowest BCUT2D eigenvalue weighted by Crippen LogP contribution is -2.61. The van der Waals surface area contributed by atoms with Gasteiger partial charge in [0.25, 0.3) is 0 Å². The first-order valence-corrected chi connectivity index (χ1v) is 40.8. The SMILES string of the molecule is CCCCCCCCCCCCC(=O)OCCCCN(CCCCOC(=O)CCCCCCCCCCCC)CCCCC1NC(=O)C(CCCCN(CCCCOC(=O)CCCCCCCCCCCC)CCCCOC(=O)CCCCCCCCCCCC)NC1=O. The third-order valence-electron chi connectivity index (χ3n) is 19.2. The standard InChI is InChI=1S/C80H152N4O10/c1-5-9-13-17-21-25-29-33-37-41-59-75(85)91-69-53-49-65-83(66-50-54-70-92-76(86)60-42-38-34-30-26-22-18-14-10-6-2)63-47-45-57-73-79(89)82-74(80(90)81-73)58-46-48-64-84(67-51-55-71-93-77(87)61-43-39-35-31-27-23-19-15-11-7-3)68-52-56-72-94-78(88)62-44-40-36-32-28-24-20-16-12-8-4/h73-74H,5-72H2,1-4H3,(H,81,90)(H,82,89). The summed E-state index contributed by atoms with van der Waals surface area (Å²) in [4.78, 5) is 81.8. The van der Waals surface area contributed by atoms with Crippen LogP contribution in [0.3, 0.4) is 0 Å². The van der Waals surface area contributed by atoms with Gasteiger partial charge in [0, 0.05) is 25.7 Å². The molecule has 1 aliphatic rings. The molecular formula is C80H152N4O10. The Labute approximate surface area is 579 Å². The molecule has 14 nitrogen and oxygen atoms in total. The Hall–Kier alpha value is -3.26. The Balaban J connectivity index is 2.60. The number of piperazine rings is 1. The highest BCUT2D eigenvalue weighted by molar-refractivity contribution is 5.96. The van der Waals surface area contributed by atoms with Crippen molar-refractivity contribution in [3.05, 3.63) is 0 Å². The van der Waals surface area contributed by atoms with Gasteiger partial charge in [0.2, 0.25) is 11.8 Å². The minimum atomic E-state index is -0.546. The van der Waals surface area contributed by atoms with Crippen LogP contribution < -0.4 is 10.6 Å². The van der Waals surface area contributed by atoms with Gasteiger partial charge in [0.05, 0.1) is 26.4 Å². The monoisotopic (exact) mass is 1330 g/mol. The van der Waals surface area contributed by atoms with E-state index in [1.165, 1.54) is 205 Å². The van der Waals surface area contributed by atoms with E-state index in [2.05, 4.69) is 48.1 Å². The van der Waals surface area contributed by atoms with E-state index < -0.39 is 12.1 Å². The predicted molar refractivity (Wildman–Crippen MR) is 391 cm³/mol. The molecule has 94 heavy (non-hydrogen) atoms. The van der Waals surface area contributed by atoms with Gasteiger partial charge in [-0.3, -0.25) is 28.8 Å². The molecule has 552 valence electrons. The van der Waals surface area contributed by atoms with E-state index in [-0.39, 0.29) is 35.7 Å². The molecule has 1 aliphatic heterocycles. The summed E-state index contributed by atoms with van der Waals surface area (Å²) in [5.41, 5.74) is 0. The smallest absolute Gasteiger partial charge is 0.305 e. The number of esters is 4. The van der Waals surface area contributed by atoms with Gasteiger partial charge < -0.3 is 39.4 Å². The minimum Gasteiger partial charge on any atom is -0.466 e. The number of rotatable bonds is 74. The molecule has 2 N–H and O–H groups in total. The summed E-state index contributed by atoms with van der Waals surface area (Å²) in [5.74, 6) is -0.573. The Kier molecular flexibility index (Phi) is 65.7. The minimum absolute atomic E-state index is 0.0885. The lowest BCUT2D eigenvalue weighted by molar-refractivity contribution is -0.144. The van der Waals surface area contributed by atoms with E-state index in [0.717, 1.165) is 168 Å². The Bertz CT molecular complexity index is 1520. The number of nitrogens with zero attached hydrogens (tertiary/aromatic N) is 2. The third kappa shape index (κ3) is 60.0. The topological polar surface area (TPSA) is 170 Å². The van der Waals surface area contributed by atoms with Crippen molar-refractivity contribution in [2.24, 2.45) is 0 Å². The van der Waals surface area contributed by atoms with Crippen LogP contribution in [-0.2, 0) is 47.7 Å². The van der Waals surface area contributed by atoms with Gasteiger partial charge in [-0.15, -0.1) is 0 Å². The summed E-state index contributed by atoms with van der Waals surface area (Å²) in [5, 5.41) is 6.11. The van der Waals surface area contributed by atoms with Crippen molar-refractivity contribution in [1.82, 2.24) is 20.4 Å². The molecular weight excluding hydrogens is 1180 g/mol. The zero-order chi connectivity index (χ0) is 68.1. The van der Waals surface area contributed by atoms with Crippen LogP contribution in [0.2, 0.25) is 0 Å². The van der Waals surface area contributed by atoms with Crippen LogP contribution in [0, 0.1) is 0 Å². The zero-order valence-corrected chi connectivity index (χ0v) is 62.2. The van der Waals surface area contributed by atoms with Gasteiger partial charge in [0.15, 0.2) is 0 Å². The van der Waals surface area contributed by atoms with Crippen molar-refractivity contribution in [3.63, 3.8) is 0 Å². The summed E-state index contributed by atoms with van der Waals surface area (Å²) in [7, 11) is 0. The zero-order valence-electron chi connectivity index (χ0n) is 62.2. The second kappa shape index (κ2) is 69.6. The van der Waals surface area contributed by atoms with Crippen LogP contribution >= 0.6 is 0 Å². The quantitative estimate of drug-likeness (QED) is 0.0336. The predicted octanol–water partition coefficient (Wildman–Crippen LogP) is 20.5. The molecule has 2 unspecified atom stereocenters. The normalized spacial score (nSPS) is 14.0. The highest BCUT2D eigenvalue weighted by Crippen LogP contribution is 2.18. The molecule has 0 aromatic heterocycles. The molecule has 0 aliphatic carbocycles. The number of hydrogen-bond donors (Lipinski definition) is 2. The molecule has 0 spiro atoms. The maximum atomic E-state index is 13.4. The maximum absolute atomic E-state index is 13.4. The molecule has 0 radical (unpaired) electrons. The molecule has 14 heteroatoms. The average molecular weight is 1330 g/mol. The number of nitrogens with one attached hydrogen (secondary N) is 2. The summed E-state index contributed by atoms with van der Waals surface area (Å²) in [6, 6.07) is -1.09. The van der Waals surface area contributed by atoms with Gasteiger partial charge in [-0.25, -0.2) is 0 Å². The molecule has 1 saturated heterocycles. The number of carbonyl (C=O) groups excluding carboxylic acids is 6. The second-order valence-electron chi connectivity index (χ2n) is 28.2.